The highest BCUT2D eigenvalue weighted by Crippen LogP contribution is 2.40. The van der Waals surface area contributed by atoms with E-state index in [4.69, 9.17) is 0 Å². The summed E-state index contributed by atoms with van der Waals surface area (Å²) in [5, 5.41) is 13.2. The van der Waals surface area contributed by atoms with Gasteiger partial charge >= 0.3 is 0 Å². The second-order valence-electron chi connectivity index (χ2n) is 3.71. The van der Waals surface area contributed by atoms with E-state index >= 15 is 0 Å². The zero-order valence-electron chi connectivity index (χ0n) is 8.20. The predicted molar refractivity (Wildman–Crippen MR) is 60.9 cm³/mol. The molecule has 2 heteroatoms. The molecule has 0 spiro atoms. The van der Waals surface area contributed by atoms with Crippen LogP contribution in [-0.4, -0.2) is 5.11 Å². The maximum atomic E-state index is 9.86. The number of aromatic hydroxyl groups is 1. The number of phenols is 1. The number of anilines is 1. The minimum atomic E-state index is 0.340. The van der Waals surface area contributed by atoms with Crippen molar-refractivity contribution in [3.05, 3.63) is 48.0 Å². The summed E-state index contributed by atoms with van der Waals surface area (Å²) in [6.45, 7) is 0.826. The molecule has 0 saturated heterocycles. The molecule has 2 N–H and O–H groups in total. The first-order valence-electron chi connectivity index (χ1n) is 5.00. The predicted octanol–water partition coefficient (Wildman–Crippen LogP) is 2.98. The molecule has 0 unspecified atom stereocenters. The van der Waals surface area contributed by atoms with Crippen molar-refractivity contribution in [1.82, 2.24) is 0 Å². The van der Waals surface area contributed by atoms with E-state index in [-0.39, 0.29) is 0 Å². The van der Waals surface area contributed by atoms with E-state index < -0.39 is 0 Å². The van der Waals surface area contributed by atoms with E-state index in [1.807, 2.05) is 24.3 Å². The zero-order chi connectivity index (χ0) is 10.3. The molecular formula is C13H11NO. The summed E-state index contributed by atoms with van der Waals surface area (Å²) in [4.78, 5) is 0. The van der Waals surface area contributed by atoms with E-state index in [1.54, 1.807) is 6.07 Å². The monoisotopic (exact) mass is 197 g/mol. The van der Waals surface area contributed by atoms with Crippen molar-refractivity contribution in [3.63, 3.8) is 0 Å². The normalized spacial score (nSPS) is 12.5. The van der Waals surface area contributed by atoms with Crippen LogP contribution in [0.15, 0.2) is 42.5 Å². The lowest BCUT2D eigenvalue weighted by Crippen LogP contribution is -2.08. The average Bonchev–Trinajstić information content (AvgIpc) is 2.29. The van der Waals surface area contributed by atoms with Gasteiger partial charge in [-0.15, -0.1) is 0 Å². The molecule has 1 aliphatic heterocycles. The molecule has 0 bridgehead atoms. The van der Waals surface area contributed by atoms with Gasteiger partial charge in [0.25, 0.3) is 0 Å². The van der Waals surface area contributed by atoms with Crippen molar-refractivity contribution < 1.29 is 5.11 Å². The molecule has 2 aromatic rings. The Kier molecular flexibility index (Phi) is 1.68. The highest BCUT2D eigenvalue weighted by atomic mass is 16.3. The van der Waals surface area contributed by atoms with E-state index in [0.29, 0.717) is 5.75 Å². The van der Waals surface area contributed by atoms with Gasteiger partial charge in [-0.1, -0.05) is 30.3 Å². The van der Waals surface area contributed by atoms with Crippen LogP contribution in [-0.2, 0) is 6.54 Å². The molecule has 0 aliphatic carbocycles. The van der Waals surface area contributed by atoms with Gasteiger partial charge in [0.1, 0.15) is 5.75 Å². The first kappa shape index (κ1) is 8.36. The van der Waals surface area contributed by atoms with Crippen LogP contribution in [0.5, 0.6) is 5.75 Å². The topological polar surface area (TPSA) is 32.3 Å². The lowest BCUT2D eigenvalue weighted by Gasteiger charge is -2.22. The van der Waals surface area contributed by atoms with E-state index in [2.05, 4.69) is 17.4 Å². The molecule has 74 valence electrons. The molecule has 0 amide bonds. The fourth-order valence-corrected chi connectivity index (χ4v) is 2.08. The molecule has 0 radical (unpaired) electrons. The lowest BCUT2D eigenvalue weighted by molar-refractivity contribution is 0.477. The van der Waals surface area contributed by atoms with Gasteiger partial charge in [-0.3, -0.25) is 0 Å². The van der Waals surface area contributed by atoms with Gasteiger partial charge in [0, 0.05) is 17.8 Å². The van der Waals surface area contributed by atoms with Crippen LogP contribution in [0.3, 0.4) is 0 Å². The Bertz CT molecular complexity index is 520. The van der Waals surface area contributed by atoms with Crippen LogP contribution >= 0.6 is 0 Å². The van der Waals surface area contributed by atoms with Crippen LogP contribution in [0.4, 0.5) is 5.69 Å². The number of rotatable bonds is 0. The van der Waals surface area contributed by atoms with Gasteiger partial charge in [-0.2, -0.15) is 0 Å². The Morgan fingerprint density at radius 1 is 1.00 bits per heavy atom. The quantitative estimate of drug-likeness (QED) is 0.680. The number of nitrogens with one attached hydrogen (secondary N) is 1. The maximum Gasteiger partial charge on any atom is 0.125 e. The maximum absolute atomic E-state index is 9.86. The third-order valence-corrected chi connectivity index (χ3v) is 2.80. The first-order chi connectivity index (χ1) is 7.36. The molecule has 3 rings (SSSR count). The first-order valence-corrected chi connectivity index (χ1v) is 5.00. The van der Waals surface area contributed by atoms with Crippen molar-refractivity contribution in [3.8, 4) is 16.9 Å². The molecular weight excluding hydrogens is 186 g/mol. The molecule has 15 heavy (non-hydrogen) atoms. The SMILES string of the molecule is Oc1cccc2c1-c1ccccc1CN2. The number of benzene rings is 2. The fourth-order valence-electron chi connectivity index (χ4n) is 2.08. The molecule has 0 aromatic heterocycles. The number of phenolic OH excluding ortho intramolecular Hbond substituents is 1. The fraction of sp³-hybridized carbons (Fsp3) is 0.0769. The third kappa shape index (κ3) is 1.18. The Hall–Kier alpha value is -1.96. The molecule has 0 fully saturated rings. The van der Waals surface area contributed by atoms with Crippen molar-refractivity contribution in [1.29, 1.82) is 0 Å². The molecule has 1 heterocycles. The summed E-state index contributed by atoms with van der Waals surface area (Å²) in [5.41, 5.74) is 4.28. The summed E-state index contributed by atoms with van der Waals surface area (Å²) >= 11 is 0. The summed E-state index contributed by atoms with van der Waals surface area (Å²) in [6, 6.07) is 13.7. The minimum Gasteiger partial charge on any atom is -0.507 e. The zero-order valence-corrected chi connectivity index (χ0v) is 8.20. The van der Waals surface area contributed by atoms with Crippen molar-refractivity contribution in [2.45, 2.75) is 6.54 Å². The van der Waals surface area contributed by atoms with Crippen LogP contribution < -0.4 is 5.32 Å². The summed E-state index contributed by atoms with van der Waals surface area (Å²) < 4.78 is 0. The largest absolute Gasteiger partial charge is 0.507 e. The van der Waals surface area contributed by atoms with Crippen LogP contribution in [0.2, 0.25) is 0 Å². The average molecular weight is 197 g/mol. The Morgan fingerprint density at radius 2 is 1.87 bits per heavy atom. The Labute approximate surface area is 88.2 Å². The van der Waals surface area contributed by atoms with Gasteiger partial charge in [-0.25, -0.2) is 0 Å². The van der Waals surface area contributed by atoms with Crippen LogP contribution in [0.25, 0.3) is 11.1 Å². The van der Waals surface area contributed by atoms with Gasteiger partial charge in [-0.05, 0) is 23.3 Å². The molecule has 0 atom stereocenters. The summed E-state index contributed by atoms with van der Waals surface area (Å²) in [5.74, 6) is 0.340. The van der Waals surface area contributed by atoms with E-state index in [9.17, 15) is 5.11 Å². The molecule has 2 aromatic carbocycles. The summed E-state index contributed by atoms with van der Waals surface area (Å²) in [6.07, 6.45) is 0. The van der Waals surface area contributed by atoms with E-state index in [1.165, 1.54) is 5.56 Å². The second kappa shape index (κ2) is 3.02. The minimum absolute atomic E-state index is 0.340. The molecule has 1 aliphatic rings. The van der Waals surface area contributed by atoms with E-state index in [0.717, 1.165) is 23.4 Å². The van der Waals surface area contributed by atoms with Gasteiger partial charge < -0.3 is 10.4 Å². The van der Waals surface area contributed by atoms with Crippen LogP contribution in [0.1, 0.15) is 5.56 Å². The second-order valence-corrected chi connectivity index (χ2v) is 3.71. The number of fused-ring (bicyclic) bond motifs is 3. The Morgan fingerprint density at radius 3 is 2.80 bits per heavy atom. The van der Waals surface area contributed by atoms with Gasteiger partial charge in [0.05, 0.1) is 0 Å². The highest BCUT2D eigenvalue weighted by Gasteiger charge is 2.17. The Balaban J connectivity index is 2.33. The number of hydrogen-bond donors (Lipinski definition) is 2. The standard InChI is InChI=1S/C13H11NO/c15-12-7-3-6-11-13(12)10-5-2-1-4-9(10)8-14-11/h1-7,14-15H,8H2. The molecule has 0 saturated carbocycles. The smallest absolute Gasteiger partial charge is 0.125 e. The van der Waals surface area contributed by atoms with Crippen LogP contribution in [0, 0.1) is 0 Å². The lowest BCUT2D eigenvalue weighted by atomic mass is 9.94. The van der Waals surface area contributed by atoms with Crippen molar-refractivity contribution in [2.75, 3.05) is 5.32 Å². The molecule has 2 nitrogen and oxygen atoms in total. The summed E-state index contributed by atoms with van der Waals surface area (Å²) in [7, 11) is 0. The van der Waals surface area contributed by atoms with Gasteiger partial charge in [0.15, 0.2) is 0 Å². The van der Waals surface area contributed by atoms with Gasteiger partial charge in [0.2, 0.25) is 0 Å². The van der Waals surface area contributed by atoms with Crippen molar-refractivity contribution in [2.24, 2.45) is 0 Å². The van der Waals surface area contributed by atoms with Crippen molar-refractivity contribution >= 4 is 5.69 Å². The number of hydrogen-bond acceptors (Lipinski definition) is 2. The highest BCUT2D eigenvalue weighted by molar-refractivity contribution is 5.87. The third-order valence-electron chi connectivity index (χ3n) is 2.80.